The van der Waals surface area contributed by atoms with Crippen molar-refractivity contribution in [3.05, 3.63) is 35.4 Å². The van der Waals surface area contributed by atoms with Gasteiger partial charge in [-0.05, 0) is 11.1 Å². The molecule has 3 heteroatoms. The lowest BCUT2D eigenvalue weighted by atomic mass is 10.1. The summed E-state index contributed by atoms with van der Waals surface area (Å²) in [6.45, 7) is 0.809. The molecule has 1 rings (SSSR count). The van der Waals surface area contributed by atoms with E-state index in [1.165, 1.54) is 0 Å². The maximum Gasteiger partial charge on any atom is 0.102 e. The molecule has 0 bridgehead atoms. The van der Waals surface area contributed by atoms with E-state index in [4.69, 9.17) is 11.6 Å². The zero-order valence-corrected chi connectivity index (χ0v) is 8.15. The standard InChI is InChI=1S/C10H13ClFN/c11-7-9-1-3-10(4-2-9)8-13-6-5-12/h1-4,13H,5-8H2. The first-order valence-electron chi connectivity index (χ1n) is 4.27. The first kappa shape index (κ1) is 10.5. The summed E-state index contributed by atoms with van der Waals surface area (Å²) in [7, 11) is 0. The Morgan fingerprint density at radius 3 is 2.31 bits per heavy atom. The van der Waals surface area contributed by atoms with E-state index in [1.807, 2.05) is 24.3 Å². The zero-order valence-electron chi connectivity index (χ0n) is 7.39. The van der Waals surface area contributed by atoms with Crippen LogP contribution in [0.15, 0.2) is 24.3 Å². The summed E-state index contributed by atoms with van der Waals surface area (Å²) in [4.78, 5) is 0. The van der Waals surface area contributed by atoms with Crippen LogP contribution in [0.3, 0.4) is 0 Å². The van der Waals surface area contributed by atoms with Crippen LogP contribution in [0.2, 0.25) is 0 Å². The van der Waals surface area contributed by atoms with Crippen molar-refractivity contribution in [3.8, 4) is 0 Å². The van der Waals surface area contributed by atoms with Gasteiger partial charge in [-0.3, -0.25) is 0 Å². The van der Waals surface area contributed by atoms with Gasteiger partial charge in [-0.25, -0.2) is 4.39 Å². The molecule has 1 aromatic carbocycles. The van der Waals surface area contributed by atoms with Crippen molar-refractivity contribution in [2.45, 2.75) is 12.4 Å². The number of halogens is 2. The van der Waals surface area contributed by atoms with Gasteiger partial charge in [0.15, 0.2) is 0 Å². The Morgan fingerprint density at radius 2 is 1.77 bits per heavy atom. The zero-order chi connectivity index (χ0) is 9.52. The van der Waals surface area contributed by atoms with Crippen molar-refractivity contribution in [2.75, 3.05) is 13.2 Å². The number of nitrogens with one attached hydrogen (secondary N) is 1. The van der Waals surface area contributed by atoms with Gasteiger partial charge < -0.3 is 5.32 Å². The van der Waals surface area contributed by atoms with Crippen LogP contribution in [-0.2, 0) is 12.4 Å². The highest BCUT2D eigenvalue weighted by Crippen LogP contribution is 2.06. The Labute approximate surface area is 82.9 Å². The van der Waals surface area contributed by atoms with Gasteiger partial charge in [-0.15, -0.1) is 11.6 Å². The van der Waals surface area contributed by atoms with Crippen LogP contribution in [0.1, 0.15) is 11.1 Å². The molecule has 0 aromatic heterocycles. The molecule has 0 aliphatic carbocycles. The number of hydrogen-bond donors (Lipinski definition) is 1. The molecule has 72 valence electrons. The molecular formula is C10H13ClFN. The summed E-state index contributed by atoms with van der Waals surface area (Å²) in [6, 6.07) is 7.98. The van der Waals surface area contributed by atoms with E-state index in [0.717, 1.165) is 11.1 Å². The normalized spacial score (nSPS) is 10.3. The lowest BCUT2D eigenvalue weighted by Crippen LogP contribution is -2.15. The summed E-state index contributed by atoms with van der Waals surface area (Å²) < 4.78 is 11.7. The number of rotatable bonds is 5. The molecule has 0 fully saturated rings. The molecule has 0 heterocycles. The van der Waals surface area contributed by atoms with E-state index in [-0.39, 0.29) is 6.67 Å². The fourth-order valence-corrected chi connectivity index (χ4v) is 1.22. The minimum Gasteiger partial charge on any atom is -0.310 e. The molecule has 1 N–H and O–H groups in total. The Bertz CT molecular complexity index is 235. The van der Waals surface area contributed by atoms with Gasteiger partial charge in [0, 0.05) is 19.0 Å². The van der Waals surface area contributed by atoms with E-state index in [2.05, 4.69) is 5.32 Å². The lowest BCUT2D eigenvalue weighted by Gasteiger charge is -2.02. The molecule has 0 atom stereocenters. The molecule has 0 spiro atoms. The summed E-state index contributed by atoms with van der Waals surface area (Å²) in [5.41, 5.74) is 2.26. The maximum absolute atomic E-state index is 11.7. The Morgan fingerprint density at radius 1 is 1.15 bits per heavy atom. The quantitative estimate of drug-likeness (QED) is 0.570. The fourth-order valence-electron chi connectivity index (χ4n) is 1.05. The highest BCUT2D eigenvalue weighted by atomic mass is 35.5. The van der Waals surface area contributed by atoms with Crippen molar-refractivity contribution in [2.24, 2.45) is 0 Å². The van der Waals surface area contributed by atoms with Gasteiger partial charge in [0.1, 0.15) is 6.67 Å². The molecule has 1 aromatic rings. The molecule has 0 saturated heterocycles. The van der Waals surface area contributed by atoms with Crippen molar-refractivity contribution in [3.63, 3.8) is 0 Å². The van der Waals surface area contributed by atoms with Crippen LogP contribution in [0.5, 0.6) is 0 Å². The molecule has 0 aliphatic rings. The molecule has 0 unspecified atom stereocenters. The predicted molar refractivity (Wildman–Crippen MR) is 53.7 cm³/mol. The third-order valence-corrected chi connectivity index (χ3v) is 2.09. The number of hydrogen-bond acceptors (Lipinski definition) is 1. The Kier molecular flexibility index (Phi) is 4.79. The number of alkyl halides is 2. The van der Waals surface area contributed by atoms with E-state index < -0.39 is 0 Å². The number of benzene rings is 1. The minimum atomic E-state index is -0.320. The Balaban J connectivity index is 2.40. The van der Waals surface area contributed by atoms with Gasteiger partial charge in [0.25, 0.3) is 0 Å². The highest BCUT2D eigenvalue weighted by molar-refractivity contribution is 6.17. The van der Waals surface area contributed by atoms with Gasteiger partial charge >= 0.3 is 0 Å². The van der Waals surface area contributed by atoms with Crippen molar-refractivity contribution in [1.29, 1.82) is 0 Å². The Hall–Kier alpha value is -0.600. The van der Waals surface area contributed by atoms with E-state index in [1.54, 1.807) is 0 Å². The smallest absolute Gasteiger partial charge is 0.102 e. The average molecular weight is 202 g/mol. The predicted octanol–water partition coefficient (Wildman–Crippen LogP) is 2.48. The third-order valence-electron chi connectivity index (χ3n) is 1.78. The SMILES string of the molecule is FCCNCc1ccc(CCl)cc1. The van der Waals surface area contributed by atoms with Crippen LogP contribution in [0.25, 0.3) is 0 Å². The van der Waals surface area contributed by atoms with E-state index in [0.29, 0.717) is 19.0 Å². The molecule has 13 heavy (non-hydrogen) atoms. The van der Waals surface area contributed by atoms with Crippen molar-refractivity contribution < 1.29 is 4.39 Å². The molecular weight excluding hydrogens is 189 g/mol. The minimum absolute atomic E-state index is 0.320. The maximum atomic E-state index is 11.7. The van der Waals surface area contributed by atoms with Gasteiger partial charge in [0.05, 0.1) is 0 Å². The highest BCUT2D eigenvalue weighted by Gasteiger charge is 1.93. The second-order valence-corrected chi connectivity index (χ2v) is 3.08. The van der Waals surface area contributed by atoms with Crippen molar-refractivity contribution >= 4 is 11.6 Å². The lowest BCUT2D eigenvalue weighted by molar-refractivity contribution is 0.467. The van der Waals surface area contributed by atoms with Crippen molar-refractivity contribution in [1.82, 2.24) is 5.32 Å². The summed E-state index contributed by atoms with van der Waals surface area (Å²) in [6.07, 6.45) is 0. The first-order valence-corrected chi connectivity index (χ1v) is 4.80. The fraction of sp³-hybridized carbons (Fsp3) is 0.400. The largest absolute Gasteiger partial charge is 0.310 e. The van der Waals surface area contributed by atoms with Crippen LogP contribution >= 0.6 is 11.6 Å². The van der Waals surface area contributed by atoms with Gasteiger partial charge in [0.2, 0.25) is 0 Å². The van der Waals surface area contributed by atoms with E-state index >= 15 is 0 Å². The second kappa shape index (κ2) is 5.95. The molecule has 0 aliphatic heterocycles. The molecule has 0 radical (unpaired) electrons. The van der Waals surface area contributed by atoms with Crippen LogP contribution in [0.4, 0.5) is 4.39 Å². The second-order valence-electron chi connectivity index (χ2n) is 2.82. The van der Waals surface area contributed by atoms with Crippen LogP contribution in [0, 0.1) is 0 Å². The molecule has 0 saturated carbocycles. The third kappa shape index (κ3) is 3.75. The van der Waals surface area contributed by atoms with E-state index in [9.17, 15) is 4.39 Å². The summed E-state index contributed by atoms with van der Waals surface area (Å²) >= 11 is 5.64. The van der Waals surface area contributed by atoms with Crippen LogP contribution in [-0.4, -0.2) is 13.2 Å². The molecule has 0 amide bonds. The van der Waals surface area contributed by atoms with Gasteiger partial charge in [-0.1, -0.05) is 24.3 Å². The summed E-state index contributed by atoms with van der Waals surface area (Å²) in [5.74, 6) is 0.540. The monoisotopic (exact) mass is 201 g/mol. The average Bonchev–Trinajstić information content (AvgIpc) is 2.19. The van der Waals surface area contributed by atoms with Gasteiger partial charge in [-0.2, -0.15) is 0 Å². The summed E-state index contributed by atoms with van der Waals surface area (Å²) in [5, 5.41) is 2.98. The molecule has 1 nitrogen and oxygen atoms in total. The topological polar surface area (TPSA) is 12.0 Å². The van der Waals surface area contributed by atoms with Crippen LogP contribution < -0.4 is 5.32 Å². The first-order chi connectivity index (χ1) is 6.36.